The van der Waals surface area contributed by atoms with Crippen LogP contribution in [0.2, 0.25) is 0 Å². The lowest BCUT2D eigenvalue weighted by Gasteiger charge is -2.33. The quantitative estimate of drug-likeness (QED) is 0.787. The second-order valence-electron chi connectivity index (χ2n) is 4.26. The number of halogens is 1. The Hall–Kier alpha value is -1.60. The topological polar surface area (TPSA) is 36.3 Å². The monoisotopic (exact) mass is 234 g/mol. The summed E-state index contributed by atoms with van der Waals surface area (Å²) in [5.41, 5.74) is 1.13. The fourth-order valence-electron chi connectivity index (χ4n) is 2.19. The van der Waals surface area contributed by atoms with Gasteiger partial charge in [-0.25, -0.2) is 4.39 Å². The average Bonchev–Trinajstić information content (AvgIpc) is 2.38. The largest absolute Gasteiger partial charge is 0.380 e. The Kier molecular flexibility index (Phi) is 3.60. The Bertz CT molecular complexity index is 442. The number of rotatable bonds is 2. The van der Waals surface area contributed by atoms with Gasteiger partial charge in [0.05, 0.1) is 17.7 Å². The van der Waals surface area contributed by atoms with Gasteiger partial charge in [-0.05, 0) is 31.0 Å². The van der Waals surface area contributed by atoms with E-state index in [0.29, 0.717) is 5.56 Å². The Morgan fingerprint density at radius 3 is 3.00 bits per heavy atom. The van der Waals surface area contributed by atoms with Gasteiger partial charge in [-0.1, -0.05) is 0 Å². The van der Waals surface area contributed by atoms with Gasteiger partial charge in [0, 0.05) is 25.9 Å². The van der Waals surface area contributed by atoms with E-state index in [-0.39, 0.29) is 11.9 Å². The molecule has 0 saturated carbocycles. The van der Waals surface area contributed by atoms with Crippen molar-refractivity contribution in [2.75, 3.05) is 25.1 Å². The van der Waals surface area contributed by atoms with Gasteiger partial charge in [0.15, 0.2) is 0 Å². The average molecular weight is 234 g/mol. The summed E-state index contributed by atoms with van der Waals surface area (Å²) in [6.07, 6.45) is 2.25. The standard InChI is InChI=1S/C13H15FN2O/c1-17-13-3-2-4-16(9-13)12-6-10(8-15)5-11(14)7-12/h5-7,13H,2-4,9H2,1H3. The molecule has 1 heterocycles. The van der Waals surface area contributed by atoms with Crippen molar-refractivity contribution in [3.05, 3.63) is 29.6 Å². The van der Waals surface area contributed by atoms with Gasteiger partial charge in [-0.3, -0.25) is 0 Å². The number of methoxy groups -OCH3 is 1. The van der Waals surface area contributed by atoms with E-state index < -0.39 is 0 Å². The minimum absolute atomic E-state index is 0.192. The highest BCUT2D eigenvalue weighted by molar-refractivity contribution is 5.52. The Morgan fingerprint density at radius 2 is 2.29 bits per heavy atom. The maximum absolute atomic E-state index is 13.3. The van der Waals surface area contributed by atoms with Crippen LogP contribution in [0.25, 0.3) is 0 Å². The molecule has 0 spiro atoms. The molecule has 1 aromatic carbocycles. The summed E-state index contributed by atoms with van der Waals surface area (Å²) in [7, 11) is 1.69. The molecule has 0 radical (unpaired) electrons. The highest BCUT2D eigenvalue weighted by Gasteiger charge is 2.20. The van der Waals surface area contributed by atoms with Crippen LogP contribution in [0, 0.1) is 17.1 Å². The first-order chi connectivity index (χ1) is 8.22. The number of hydrogen-bond donors (Lipinski definition) is 0. The molecule has 1 fully saturated rings. The molecule has 1 unspecified atom stereocenters. The van der Waals surface area contributed by atoms with Crippen molar-refractivity contribution in [2.45, 2.75) is 18.9 Å². The lowest BCUT2D eigenvalue weighted by Crippen LogP contribution is -2.39. The molecule has 3 nitrogen and oxygen atoms in total. The summed E-state index contributed by atoms with van der Waals surface area (Å²) in [4.78, 5) is 2.07. The molecular formula is C13H15FN2O. The summed E-state index contributed by atoms with van der Waals surface area (Å²) in [5, 5.41) is 8.82. The van der Waals surface area contributed by atoms with E-state index in [0.717, 1.165) is 31.6 Å². The van der Waals surface area contributed by atoms with Crippen LogP contribution >= 0.6 is 0 Å². The number of piperidine rings is 1. The second kappa shape index (κ2) is 5.15. The first-order valence-electron chi connectivity index (χ1n) is 5.71. The van der Waals surface area contributed by atoms with E-state index in [1.54, 1.807) is 13.2 Å². The molecule has 2 rings (SSSR count). The van der Waals surface area contributed by atoms with Crippen LogP contribution in [0.1, 0.15) is 18.4 Å². The van der Waals surface area contributed by atoms with Crippen LogP contribution in [0.5, 0.6) is 0 Å². The lowest BCUT2D eigenvalue weighted by atomic mass is 10.1. The van der Waals surface area contributed by atoms with Crippen molar-refractivity contribution in [3.63, 3.8) is 0 Å². The molecule has 1 aliphatic heterocycles. The van der Waals surface area contributed by atoms with Crippen LogP contribution in [0.3, 0.4) is 0 Å². The predicted molar refractivity (Wildman–Crippen MR) is 63.4 cm³/mol. The molecule has 17 heavy (non-hydrogen) atoms. The zero-order valence-electron chi connectivity index (χ0n) is 9.82. The Labute approximate surface area is 100 Å². The van der Waals surface area contributed by atoms with Gasteiger partial charge in [0.2, 0.25) is 0 Å². The van der Waals surface area contributed by atoms with Crippen molar-refractivity contribution < 1.29 is 9.13 Å². The molecule has 0 amide bonds. The van der Waals surface area contributed by atoms with Gasteiger partial charge in [-0.2, -0.15) is 5.26 Å². The van der Waals surface area contributed by atoms with Crippen molar-refractivity contribution in [1.82, 2.24) is 0 Å². The number of anilines is 1. The van der Waals surface area contributed by atoms with Crippen LogP contribution in [0.15, 0.2) is 18.2 Å². The van der Waals surface area contributed by atoms with Crippen molar-refractivity contribution >= 4 is 5.69 Å². The molecule has 1 aliphatic rings. The smallest absolute Gasteiger partial charge is 0.126 e. The van der Waals surface area contributed by atoms with Crippen molar-refractivity contribution in [2.24, 2.45) is 0 Å². The minimum atomic E-state index is -0.362. The third kappa shape index (κ3) is 2.75. The number of benzene rings is 1. The fraction of sp³-hybridized carbons (Fsp3) is 0.462. The zero-order valence-corrected chi connectivity index (χ0v) is 9.82. The molecule has 4 heteroatoms. The SMILES string of the molecule is COC1CCCN(c2cc(F)cc(C#N)c2)C1. The molecule has 1 aromatic rings. The summed E-state index contributed by atoms with van der Waals surface area (Å²) in [6, 6.07) is 6.42. The summed E-state index contributed by atoms with van der Waals surface area (Å²) < 4.78 is 18.7. The van der Waals surface area contributed by atoms with Crippen LogP contribution < -0.4 is 4.90 Å². The van der Waals surface area contributed by atoms with Gasteiger partial charge in [0.25, 0.3) is 0 Å². The molecular weight excluding hydrogens is 219 g/mol. The van der Waals surface area contributed by atoms with Crippen molar-refractivity contribution in [1.29, 1.82) is 5.26 Å². The zero-order chi connectivity index (χ0) is 12.3. The van der Waals surface area contributed by atoms with Crippen LogP contribution in [-0.2, 0) is 4.74 Å². The van der Waals surface area contributed by atoms with Crippen LogP contribution in [0.4, 0.5) is 10.1 Å². The third-order valence-corrected chi connectivity index (χ3v) is 3.09. The summed E-state index contributed by atoms with van der Waals surface area (Å²) in [6.45, 7) is 1.64. The van der Waals surface area contributed by atoms with E-state index in [1.807, 2.05) is 6.07 Å². The first-order valence-corrected chi connectivity index (χ1v) is 5.71. The number of nitriles is 1. The van der Waals surface area contributed by atoms with Crippen molar-refractivity contribution in [3.8, 4) is 6.07 Å². The minimum Gasteiger partial charge on any atom is -0.380 e. The number of hydrogen-bond acceptors (Lipinski definition) is 3. The lowest BCUT2D eigenvalue weighted by molar-refractivity contribution is 0.0893. The fourth-order valence-corrected chi connectivity index (χ4v) is 2.19. The highest BCUT2D eigenvalue weighted by Crippen LogP contribution is 2.23. The van der Waals surface area contributed by atoms with Gasteiger partial charge in [0.1, 0.15) is 5.82 Å². The summed E-state index contributed by atoms with van der Waals surface area (Å²) >= 11 is 0. The molecule has 0 aliphatic carbocycles. The van der Waals surface area contributed by atoms with E-state index in [4.69, 9.17) is 10.00 Å². The van der Waals surface area contributed by atoms with E-state index in [1.165, 1.54) is 12.1 Å². The normalized spacial score (nSPS) is 20.1. The third-order valence-electron chi connectivity index (χ3n) is 3.09. The Balaban J connectivity index is 2.21. The maximum atomic E-state index is 13.3. The van der Waals surface area contributed by atoms with E-state index in [2.05, 4.69) is 4.90 Å². The van der Waals surface area contributed by atoms with Gasteiger partial charge < -0.3 is 9.64 Å². The Morgan fingerprint density at radius 1 is 1.47 bits per heavy atom. The number of ether oxygens (including phenoxy) is 1. The van der Waals surface area contributed by atoms with Crippen LogP contribution in [-0.4, -0.2) is 26.3 Å². The number of nitrogens with zero attached hydrogens (tertiary/aromatic N) is 2. The van der Waals surface area contributed by atoms with Gasteiger partial charge in [-0.15, -0.1) is 0 Å². The molecule has 1 atom stereocenters. The molecule has 90 valence electrons. The predicted octanol–water partition coefficient (Wildman–Crippen LogP) is 2.31. The van der Waals surface area contributed by atoms with E-state index >= 15 is 0 Å². The van der Waals surface area contributed by atoms with Gasteiger partial charge >= 0.3 is 0 Å². The van der Waals surface area contributed by atoms with E-state index in [9.17, 15) is 4.39 Å². The highest BCUT2D eigenvalue weighted by atomic mass is 19.1. The maximum Gasteiger partial charge on any atom is 0.126 e. The molecule has 1 saturated heterocycles. The molecule has 0 N–H and O–H groups in total. The molecule has 0 bridgehead atoms. The summed E-state index contributed by atoms with van der Waals surface area (Å²) in [5.74, 6) is -0.362. The first kappa shape index (κ1) is 11.9. The molecule has 0 aromatic heterocycles. The second-order valence-corrected chi connectivity index (χ2v) is 4.26.